The van der Waals surface area contributed by atoms with E-state index in [1.54, 1.807) is 36.4 Å². The normalized spacial score (nSPS) is 17.3. The summed E-state index contributed by atoms with van der Waals surface area (Å²) in [4.78, 5) is 54.4. The average Bonchev–Trinajstić information content (AvgIpc) is 3.68. The zero-order chi connectivity index (χ0) is 25.1. The van der Waals surface area contributed by atoms with Gasteiger partial charge in [0, 0.05) is 23.8 Å². The molecule has 0 spiro atoms. The van der Waals surface area contributed by atoms with Crippen molar-refractivity contribution in [1.29, 1.82) is 0 Å². The quantitative estimate of drug-likeness (QED) is 0.478. The molecule has 1 saturated carbocycles. The predicted molar refractivity (Wildman–Crippen MR) is 134 cm³/mol. The summed E-state index contributed by atoms with van der Waals surface area (Å²) in [5.74, 6) is -1.17. The van der Waals surface area contributed by atoms with E-state index in [9.17, 15) is 19.2 Å². The zero-order valence-corrected chi connectivity index (χ0v) is 19.6. The molecule has 1 heterocycles. The van der Waals surface area contributed by atoms with Crippen molar-refractivity contribution in [2.45, 2.75) is 31.5 Å². The molecule has 5 rings (SSSR count). The van der Waals surface area contributed by atoms with E-state index in [4.69, 9.17) is 0 Å². The lowest BCUT2D eigenvalue weighted by Crippen LogP contribution is -2.38. The molecule has 3 aromatic carbocycles. The van der Waals surface area contributed by atoms with Crippen molar-refractivity contribution in [2.75, 3.05) is 11.9 Å². The number of anilines is 1. The van der Waals surface area contributed by atoms with E-state index in [2.05, 4.69) is 10.6 Å². The number of hydrogen-bond donors (Lipinski definition) is 2. The van der Waals surface area contributed by atoms with Crippen LogP contribution in [0.2, 0.25) is 0 Å². The van der Waals surface area contributed by atoms with Gasteiger partial charge in [-0.25, -0.2) is 4.79 Å². The zero-order valence-electron chi connectivity index (χ0n) is 19.6. The summed E-state index contributed by atoms with van der Waals surface area (Å²) in [5, 5.41) is 5.62. The summed E-state index contributed by atoms with van der Waals surface area (Å²) < 4.78 is 0. The number of hydrogen-bond acceptors (Lipinski definition) is 4. The Morgan fingerprint density at radius 1 is 0.861 bits per heavy atom. The smallest absolute Gasteiger partial charge is 0.328 e. The van der Waals surface area contributed by atoms with E-state index in [0.717, 1.165) is 23.3 Å². The molecule has 8 nitrogen and oxygen atoms in total. The molecule has 1 saturated heterocycles. The van der Waals surface area contributed by atoms with Gasteiger partial charge >= 0.3 is 6.03 Å². The van der Waals surface area contributed by atoms with Gasteiger partial charge in [0.1, 0.15) is 12.6 Å². The number of rotatable bonds is 8. The number of benzene rings is 3. The molecule has 2 N–H and O–H groups in total. The van der Waals surface area contributed by atoms with Crippen LogP contribution in [-0.4, -0.2) is 46.1 Å². The Morgan fingerprint density at radius 2 is 1.56 bits per heavy atom. The Labute approximate surface area is 208 Å². The first-order valence-corrected chi connectivity index (χ1v) is 11.9. The van der Waals surface area contributed by atoms with Gasteiger partial charge < -0.3 is 15.5 Å². The summed E-state index contributed by atoms with van der Waals surface area (Å²) in [6, 6.07) is 24.0. The lowest BCUT2D eigenvalue weighted by molar-refractivity contribution is -0.131. The fraction of sp³-hybridized carbons (Fsp3) is 0.214. The maximum Gasteiger partial charge on any atom is 0.328 e. The first-order valence-electron chi connectivity index (χ1n) is 11.9. The highest BCUT2D eigenvalue weighted by molar-refractivity contribution is 6.08. The van der Waals surface area contributed by atoms with Gasteiger partial charge in [0.05, 0.1) is 0 Å². The molecule has 1 atom stereocenters. The van der Waals surface area contributed by atoms with E-state index >= 15 is 0 Å². The van der Waals surface area contributed by atoms with E-state index in [0.29, 0.717) is 16.8 Å². The summed E-state index contributed by atoms with van der Waals surface area (Å²) in [5.41, 5.74) is 2.42. The number of urea groups is 1. The second-order valence-electron chi connectivity index (χ2n) is 9.01. The van der Waals surface area contributed by atoms with Crippen LogP contribution in [-0.2, 0) is 16.1 Å². The highest BCUT2D eigenvalue weighted by atomic mass is 16.2. The van der Waals surface area contributed by atoms with Crippen LogP contribution in [0.4, 0.5) is 10.5 Å². The van der Waals surface area contributed by atoms with Crippen LogP contribution in [0.5, 0.6) is 0 Å². The van der Waals surface area contributed by atoms with Crippen LogP contribution in [0.25, 0.3) is 0 Å². The third-order valence-corrected chi connectivity index (χ3v) is 6.22. The van der Waals surface area contributed by atoms with Crippen LogP contribution in [0.15, 0.2) is 84.9 Å². The van der Waals surface area contributed by atoms with Gasteiger partial charge in [-0.3, -0.25) is 19.3 Å². The van der Waals surface area contributed by atoms with Gasteiger partial charge in [-0.1, -0.05) is 66.7 Å². The minimum absolute atomic E-state index is 0.194. The van der Waals surface area contributed by atoms with Crippen LogP contribution in [0, 0.1) is 0 Å². The van der Waals surface area contributed by atoms with Crippen LogP contribution in [0.3, 0.4) is 0 Å². The molecule has 2 aliphatic rings. The van der Waals surface area contributed by atoms with Crippen molar-refractivity contribution in [3.05, 3.63) is 102 Å². The van der Waals surface area contributed by atoms with Crippen LogP contribution < -0.4 is 10.6 Å². The molecule has 5 amide bonds. The number of amides is 5. The number of carbonyl (C=O) groups is 4. The SMILES string of the molecule is O=C(CN1C(=O)C(c2ccccc2)N(Cc2ccccc2)C1=O)Nc1cccc(C(=O)NC2CC2)c1. The Bertz CT molecular complexity index is 1290. The highest BCUT2D eigenvalue weighted by Crippen LogP contribution is 2.32. The average molecular weight is 483 g/mol. The second kappa shape index (κ2) is 10.0. The first kappa shape index (κ1) is 23.3. The fourth-order valence-corrected chi connectivity index (χ4v) is 4.26. The number of nitrogens with one attached hydrogen (secondary N) is 2. The summed E-state index contributed by atoms with van der Waals surface area (Å²) in [6.45, 7) is -0.188. The van der Waals surface area contributed by atoms with Gasteiger partial charge in [-0.15, -0.1) is 0 Å². The molecule has 182 valence electrons. The summed E-state index contributed by atoms with van der Waals surface area (Å²) >= 11 is 0. The molecule has 2 fully saturated rings. The largest absolute Gasteiger partial charge is 0.349 e. The third kappa shape index (κ3) is 5.12. The Morgan fingerprint density at radius 3 is 2.25 bits per heavy atom. The maximum absolute atomic E-state index is 13.4. The summed E-state index contributed by atoms with van der Waals surface area (Å²) in [6.07, 6.45) is 1.96. The maximum atomic E-state index is 13.4. The fourth-order valence-electron chi connectivity index (χ4n) is 4.26. The lowest BCUT2D eigenvalue weighted by Gasteiger charge is -2.22. The van der Waals surface area contributed by atoms with Crippen molar-refractivity contribution in [3.63, 3.8) is 0 Å². The minimum atomic E-state index is -0.818. The standard InChI is InChI=1S/C28H26N4O4/c33-24(29-23-13-7-12-21(16-23)26(34)30-22-14-15-22)18-32-27(35)25(20-10-5-2-6-11-20)31(28(32)36)17-19-8-3-1-4-9-19/h1-13,16,22,25H,14-15,17-18H2,(H,29,33)(H,30,34). The van der Waals surface area contributed by atoms with Crippen LogP contribution in [0.1, 0.15) is 40.4 Å². The Hall–Kier alpha value is -4.46. The molecular weight excluding hydrogens is 456 g/mol. The second-order valence-corrected chi connectivity index (χ2v) is 9.01. The van der Waals surface area contributed by atoms with Gasteiger partial charge in [0.25, 0.3) is 11.8 Å². The van der Waals surface area contributed by atoms with Crippen molar-refractivity contribution < 1.29 is 19.2 Å². The van der Waals surface area contributed by atoms with Gasteiger partial charge in [-0.05, 0) is 42.2 Å². The molecular formula is C28H26N4O4. The molecule has 1 unspecified atom stereocenters. The molecule has 3 aromatic rings. The first-order chi connectivity index (χ1) is 17.5. The van der Waals surface area contributed by atoms with E-state index in [-0.39, 0.29) is 18.5 Å². The predicted octanol–water partition coefficient (Wildman–Crippen LogP) is 3.72. The Balaban J connectivity index is 1.31. The monoisotopic (exact) mass is 482 g/mol. The van der Waals surface area contributed by atoms with Crippen LogP contribution >= 0.6 is 0 Å². The summed E-state index contributed by atoms with van der Waals surface area (Å²) in [7, 11) is 0. The number of nitrogens with zero attached hydrogens (tertiary/aromatic N) is 2. The van der Waals surface area contributed by atoms with E-state index < -0.39 is 30.4 Å². The third-order valence-electron chi connectivity index (χ3n) is 6.22. The minimum Gasteiger partial charge on any atom is -0.349 e. The number of imide groups is 1. The molecule has 8 heteroatoms. The Kier molecular flexibility index (Phi) is 6.49. The lowest BCUT2D eigenvalue weighted by atomic mass is 10.1. The highest BCUT2D eigenvalue weighted by Gasteiger charge is 2.46. The molecule has 1 aliphatic carbocycles. The van der Waals surface area contributed by atoms with Crippen molar-refractivity contribution in [2.24, 2.45) is 0 Å². The molecule has 0 radical (unpaired) electrons. The van der Waals surface area contributed by atoms with Gasteiger partial charge in [0.2, 0.25) is 5.91 Å². The molecule has 0 bridgehead atoms. The van der Waals surface area contributed by atoms with Crippen molar-refractivity contribution in [3.8, 4) is 0 Å². The molecule has 36 heavy (non-hydrogen) atoms. The topological polar surface area (TPSA) is 98.8 Å². The molecule has 1 aliphatic heterocycles. The van der Waals surface area contributed by atoms with Gasteiger partial charge in [0.15, 0.2) is 0 Å². The van der Waals surface area contributed by atoms with Crippen molar-refractivity contribution in [1.82, 2.24) is 15.1 Å². The molecule has 0 aromatic heterocycles. The van der Waals surface area contributed by atoms with E-state index in [1.807, 2.05) is 48.5 Å². The number of carbonyl (C=O) groups excluding carboxylic acids is 4. The van der Waals surface area contributed by atoms with E-state index in [1.165, 1.54) is 4.90 Å². The van der Waals surface area contributed by atoms with Gasteiger partial charge in [-0.2, -0.15) is 0 Å². The van der Waals surface area contributed by atoms with Crippen molar-refractivity contribution >= 4 is 29.4 Å².